The molecule has 1 fully saturated rings. The number of rotatable bonds is 6. The van der Waals surface area contributed by atoms with Crippen LogP contribution in [0.5, 0.6) is 0 Å². The fourth-order valence-corrected chi connectivity index (χ4v) is 4.77. The Morgan fingerprint density at radius 1 is 1.00 bits per heavy atom. The van der Waals surface area contributed by atoms with E-state index in [1.54, 1.807) is 11.8 Å². The number of carbonyl (C=O) groups excluding carboxylic acids is 2. The van der Waals surface area contributed by atoms with Crippen molar-refractivity contribution in [2.24, 2.45) is 0 Å². The molecule has 2 amide bonds. The molecule has 0 aliphatic carbocycles. The molecule has 4 rings (SSSR count). The van der Waals surface area contributed by atoms with Gasteiger partial charge in [0.2, 0.25) is 5.91 Å². The number of benzene rings is 3. The summed E-state index contributed by atoms with van der Waals surface area (Å²) in [6.45, 7) is 2.57. The highest BCUT2D eigenvalue weighted by atomic mass is 32.2. The molecule has 5 heteroatoms. The molecule has 3 aromatic rings. The molecular formula is C25H24N2O2S. The van der Waals surface area contributed by atoms with Crippen LogP contribution in [0.15, 0.2) is 84.9 Å². The first-order valence-corrected chi connectivity index (χ1v) is 11.1. The molecule has 1 saturated heterocycles. The van der Waals surface area contributed by atoms with Crippen LogP contribution >= 0.6 is 11.8 Å². The third-order valence-electron chi connectivity index (χ3n) is 5.27. The third kappa shape index (κ3) is 4.57. The lowest BCUT2D eigenvalue weighted by Gasteiger charge is -2.24. The van der Waals surface area contributed by atoms with Crippen molar-refractivity contribution < 1.29 is 9.59 Å². The zero-order valence-corrected chi connectivity index (χ0v) is 17.6. The molecule has 4 nitrogen and oxygen atoms in total. The predicted molar refractivity (Wildman–Crippen MR) is 121 cm³/mol. The first kappa shape index (κ1) is 20.2. The Balaban J connectivity index is 1.44. The lowest BCUT2D eigenvalue weighted by Crippen LogP contribution is -2.28. The molecule has 0 spiro atoms. The van der Waals surface area contributed by atoms with Gasteiger partial charge in [-0.15, -0.1) is 11.8 Å². The van der Waals surface area contributed by atoms with Crippen molar-refractivity contribution in [1.29, 1.82) is 0 Å². The van der Waals surface area contributed by atoms with E-state index < -0.39 is 0 Å². The quantitative estimate of drug-likeness (QED) is 0.618. The average molecular weight is 417 g/mol. The van der Waals surface area contributed by atoms with Crippen molar-refractivity contribution in [1.82, 2.24) is 10.2 Å². The fourth-order valence-electron chi connectivity index (χ4n) is 3.59. The van der Waals surface area contributed by atoms with Crippen molar-refractivity contribution in [2.45, 2.75) is 24.9 Å². The summed E-state index contributed by atoms with van der Waals surface area (Å²) in [5.74, 6) is 0.524. The molecule has 1 heterocycles. The van der Waals surface area contributed by atoms with E-state index in [0.717, 1.165) is 16.7 Å². The molecule has 2 atom stereocenters. The molecule has 30 heavy (non-hydrogen) atoms. The minimum absolute atomic E-state index is 0.0296. The Kier molecular flexibility index (Phi) is 6.19. The van der Waals surface area contributed by atoms with Crippen LogP contribution in [0, 0.1) is 0 Å². The molecule has 0 saturated carbocycles. The van der Waals surface area contributed by atoms with E-state index in [1.165, 1.54) is 0 Å². The zero-order chi connectivity index (χ0) is 20.9. The molecule has 152 valence electrons. The van der Waals surface area contributed by atoms with E-state index in [4.69, 9.17) is 0 Å². The van der Waals surface area contributed by atoms with Crippen LogP contribution in [-0.4, -0.2) is 22.5 Å². The fraction of sp³-hybridized carbons (Fsp3) is 0.200. The number of hydrogen-bond donors (Lipinski definition) is 1. The standard InChI is InChI=1S/C25H24N2O2S/c1-18(20-10-6-3-7-11-20)26-24(29)21-12-14-22(15-13-21)25-27(23(28)17-30-25)16-19-8-4-2-5-9-19/h2-15,18,25H,16-17H2,1H3,(H,26,29)/t18-,25+/m0/s1. The number of nitrogens with one attached hydrogen (secondary N) is 1. The smallest absolute Gasteiger partial charge is 0.251 e. The number of thioether (sulfide) groups is 1. The van der Waals surface area contributed by atoms with Crippen LogP contribution in [0.1, 0.15) is 45.4 Å². The highest BCUT2D eigenvalue weighted by Gasteiger charge is 2.32. The van der Waals surface area contributed by atoms with Crippen molar-refractivity contribution in [3.8, 4) is 0 Å². The summed E-state index contributed by atoms with van der Waals surface area (Å²) in [6, 6.07) is 27.4. The van der Waals surface area contributed by atoms with Crippen LogP contribution < -0.4 is 5.32 Å². The second-order valence-corrected chi connectivity index (χ2v) is 8.47. The third-order valence-corrected chi connectivity index (χ3v) is 6.53. The van der Waals surface area contributed by atoms with E-state index in [9.17, 15) is 9.59 Å². The summed E-state index contributed by atoms with van der Waals surface area (Å²) in [5.41, 5.74) is 3.84. The molecule has 0 unspecified atom stereocenters. The maximum absolute atomic E-state index is 12.6. The monoisotopic (exact) mass is 416 g/mol. The second-order valence-electron chi connectivity index (χ2n) is 7.40. The van der Waals surface area contributed by atoms with E-state index in [-0.39, 0.29) is 23.2 Å². The molecule has 1 aliphatic heterocycles. The molecule has 0 radical (unpaired) electrons. The number of nitrogens with zero attached hydrogens (tertiary/aromatic N) is 1. The van der Waals surface area contributed by atoms with Gasteiger partial charge in [0.15, 0.2) is 0 Å². The van der Waals surface area contributed by atoms with Gasteiger partial charge in [-0.2, -0.15) is 0 Å². The van der Waals surface area contributed by atoms with Gasteiger partial charge in [-0.1, -0.05) is 72.8 Å². The van der Waals surface area contributed by atoms with E-state index in [2.05, 4.69) is 5.32 Å². The van der Waals surface area contributed by atoms with Gasteiger partial charge in [-0.3, -0.25) is 9.59 Å². The van der Waals surface area contributed by atoms with Crippen molar-refractivity contribution >= 4 is 23.6 Å². The highest BCUT2D eigenvalue weighted by Crippen LogP contribution is 2.39. The Bertz CT molecular complexity index is 1010. The highest BCUT2D eigenvalue weighted by molar-refractivity contribution is 8.00. The molecule has 1 aliphatic rings. The van der Waals surface area contributed by atoms with Crippen molar-refractivity contribution in [2.75, 3.05) is 5.75 Å². The average Bonchev–Trinajstić information content (AvgIpc) is 3.15. The number of hydrogen-bond acceptors (Lipinski definition) is 3. The Morgan fingerprint density at radius 2 is 1.63 bits per heavy atom. The van der Waals surface area contributed by atoms with Gasteiger partial charge < -0.3 is 10.2 Å². The predicted octanol–water partition coefficient (Wildman–Crippen LogP) is 4.95. The maximum atomic E-state index is 12.6. The van der Waals surface area contributed by atoms with Crippen LogP contribution in [-0.2, 0) is 11.3 Å². The summed E-state index contributed by atoms with van der Waals surface area (Å²) in [4.78, 5) is 27.0. The molecule has 1 N–H and O–H groups in total. The lowest BCUT2D eigenvalue weighted by atomic mass is 10.1. The summed E-state index contributed by atoms with van der Waals surface area (Å²) in [6.07, 6.45) is 0. The molecule has 0 bridgehead atoms. The molecule has 0 aromatic heterocycles. The minimum atomic E-state index is -0.103. The first-order chi connectivity index (χ1) is 14.6. The van der Waals surface area contributed by atoms with Gasteiger partial charge in [-0.05, 0) is 35.7 Å². The van der Waals surface area contributed by atoms with Crippen LogP contribution in [0.3, 0.4) is 0 Å². The lowest BCUT2D eigenvalue weighted by molar-refractivity contribution is -0.128. The van der Waals surface area contributed by atoms with Gasteiger partial charge in [0.25, 0.3) is 5.91 Å². The van der Waals surface area contributed by atoms with Gasteiger partial charge in [0.1, 0.15) is 5.37 Å². The van der Waals surface area contributed by atoms with Crippen molar-refractivity contribution in [3.63, 3.8) is 0 Å². The number of amides is 2. The van der Waals surface area contributed by atoms with E-state index in [1.807, 2.05) is 96.8 Å². The minimum Gasteiger partial charge on any atom is -0.346 e. The Morgan fingerprint density at radius 3 is 2.30 bits per heavy atom. The molecular weight excluding hydrogens is 392 g/mol. The van der Waals surface area contributed by atoms with Gasteiger partial charge in [-0.25, -0.2) is 0 Å². The first-order valence-electron chi connectivity index (χ1n) is 10.0. The van der Waals surface area contributed by atoms with Crippen LogP contribution in [0.4, 0.5) is 0 Å². The Labute approximate surface area is 181 Å². The maximum Gasteiger partial charge on any atom is 0.251 e. The van der Waals surface area contributed by atoms with Gasteiger partial charge in [0.05, 0.1) is 11.8 Å². The summed E-state index contributed by atoms with van der Waals surface area (Å²) in [7, 11) is 0. The van der Waals surface area contributed by atoms with E-state index >= 15 is 0 Å². The largest absolute Gasteiger partial charge is 0.346 e. The summed E-state index contributed by atoms with van der Waals surface area (Å²) < 4.78 is 0. The number of carbonyl (C=O) groups is 2. The normalized spacial score (nSPS) is 17.0. The SMILES string of the molecule is C[C@H](NC(=O)c1ccc([C@H]2SCC(=O)N2Cc2ccccc2)cc1)c1ccccc1. The summed E-state index contributed by atoms with van der Waals surface area (Å²) >= 11 is 1.63. The summed E-state index contributed by atoms with van der Waals surface area (Å²) in [5, 5.41) is 3.01. The van der Waals surface area contributed by atoms with E-state index in [0.29, 0.717) is 17.9 Å². The molecule has 3 aromatic carbocycles. The Hall–Kier alpha value is -3.05. The van der Waals surface area contributed by atoms with Crippen molar-refractivity contribution in [3.05, 3.63) is 107 Å². The van der Waals surface area contributed by atoms with Crippen LogP contribution in [0.2, 0.25) is 0 Å². The topological polar surface area (TPSA) is 49.4 Å². The zero-order valence-electron chi connectivity index (χ0n) is 16.8. The second kappa shape index (κ2) is 9.18. The van der Waals surface area contributed by atoms with Gasteiger partial charge in [0, 0.05) is 12.1 Å². The van der Waals surface area contributed by atoms with Gasteiger partial charge >= 0.3 is 0 Å². The van der Waals surface area contributed by atoms with Crippen LogP contribution in [0.25, 0.3) is 0 Å².